The van der Waals surface area contributed by atoms with E-state index in [2.05, 4.69) is 9.47 Å². The van der Waals surface area contributed by atoms with Gasteiger partial charge >= 0.3 is 11.9 Å². The second kappa shape index (κ2) is 7.19. The third-order valence-corrected chi connectivity index (χ3v) is 4.75. The van der Waals surface area contributed by atoms with Crippen LogP contribution in [0.2, 0.25) is 0 Å². The maximum atomic E-state index is 12.4. The highest BCUT2D eigenvalue weighted by Gasteiger charge is 2.27. The summed E-state index contributed by atoms with van der Waals surface area (Å²) >= 11 is 0. The number of benzene rings is 1. The average Bonchev–Trinajstić information content (AvgIpc) is 2.51. The number of sulfonamides is 1. The van der Waals surface area contributed by atoms with Crippen LogP contribution in [-0.4, -0.2) is 52.5 Å². The molecule has 21 heavy (non-hydrogen) atoms. The van der Waals surface area contributed by atoms with Crippen LogP contribution in [0.5, 0.6) is 0 Å². The lowest BCUT2D eigenvalue weighted by Crippen LogP contribution is -2.30. The molecule has 0 heterocycles. The maximum absolute atomic E-state index is 12.4. The van der Waals surface area contributed by atoms with Crippen molar-refractivity contribution in [3.8, 4) is 0 Å². The molecule has 0 aromatic heterocycles. The fraction of sp³-hybridized carbons (Fsp3) is 0.385. The lowest BCUT2D eigenvalue weighted by molar-refractivity contribution is -0.140. The van der Waals surface area contributed by atoms with Crippen molar-refractivity contribution in [3.05, 3.63) is 29.8 Å². The molecule has 7 nitrogen and oxygen atoms in total. The molecule has 0 saturated heterocycles. The normalized spacial score (nSPS) is 11.2. The van der Waals surface area contributed by atoms with Crippen LogP contribution < -0.4 is 0 Å². The van der Waals surface area contributed by atoms with E-state index in [1.807, 2.05) is 0 Å². The van der Waals surface area contributed by atoms with Crippen molar-refractivity contribution < 1.29 is 27.5 Å². The van der Waals surface area contributed by atoms with Gasteiger partial charge in [-0.3, -0.25) is 4.79 Å². The van der Waals surface area contributed by atoms with Crippen LogP contribution in [0, 0.1) is 0 Å². The van der Waals surface area contributed by atoms with E-state index in [0.29, 0.717) is 0 Å². The minimum absolute atomic E-state index is 0.0510. The monoisotopic (exact) mass is 315 g/mol. The molecular formula is C13H17NO6S. The molecular weight excluding hydrogens is 298 g/mol. The number of ether oxygens (including phenoxy) is 2. The molecule has 0 atom stereocenters. The van der Waals surface area contributed by atoms with Gasteiger partial charge < -0.3 is 9.47 Å². The largest absolute Gasteiger partial charge is 0.469 e. The number of nitrogens with zero attached hydrogens (tertiary/aromatic N) is 1. The molecule has 1 rings (SSSR count). The van der Waals surface area contributed by atoms with Gasteiger partial charge in [0.15, 0.2) is 0 Å². The third kappa shape index (κ3) is 4.02. The van der Waals surface area contributed by atoms with Crippen LogP contribution in [0.15, 0.2) is 29.2 Å². The highest BCUT2D eigenvalue weighted by Crippen LogP contribution is 2.20. The van der Waals surface area contributed by atoms with Gasteiger partial charge in [0.2, 0.25) is 10.0 Å². The first-order chi connectivity index (χ1) is 9.84. The summed E-state index contributed by atoms with van der Waals surface area (Å²) in [5.41, 5.74) is -0.0510. The van der Waals surface area contributed by atoms with Gasteiger partial charge in [0.25, 0.3) is 0 Å². The van der Waals surface area contributed by atoms with Gasteiger partial charge in [0.05, 0.1) is 31.1 Å². The summed E-state index contributed by atoms with van der Waals surface area (Å²) in [6.45, 7) is -0.0511. The molecule has 0 aliphatic carbocycles. The minimum Gasteiger partial charge on any atom is -0.469 e. The highest BCUT2D eigenvalue weighted by molar-refractivity contribution is 7.89. The summed E-state index contributed by atoms with van der Waals surface area (Å²) in [5, 5.41) is 0. The summed E-state index contributed by atoms with van der Waals surface area (Å²) in [6, 6.07) is 5.73. The van der Waals surface area contributed by atoms with E-state index in [-0.39, 0.29) is 23.4 Å². The molecule has 1 aromatic carbocycles. The number of esters is 2. The Bertz CT molecular complexity index is 625. The van der Waals surface area contributed by atoms with Crippen LogP contribution in [0.25, 0.3) is 0 Å². The van der Waals surface area contributed by atoms with Crippen molar-refractivity contribution >= 4 is 22.0 Å². The van der Waals surface area contributed by atoms with Gasteiger partial charge in [-0.15, -0.1) is 0 Å². The second-order valence-corrected chi connectivity index (χ2v) is 6.15. The first-order valence-corrected chi connectivity index (χ1v) is 7.49. The van der Waals surface area contributed by atoms with Gasteiger partial charge in [-0.05, 0) is 12.1 Å². The minimum atomic E-state index is -3.90. The first kappa shape index (κ1) is 17.1. The van der Waals surface area contributed by atoms with Gasteiger partial charge in [0, 0.05) is 13.6 Å². The molecule has 0 radical (unpaired) electrons. The lowest BCUT2D eigenvalue weighted by Gasteiger charge is -2.18. The molecule has 0 amide bonds. The standard InChI is InChI=1S/C13H17NO6S/c1-14(9-8-12(15)19-2)21(17,18)11-7-5-4-6-10(11)13(16)20-3/h4-7H,8-9H2,1-3H3. The number of carbonyl (C=O) groups is 2. The molecule has 0 unspecified atom stereocenters. The number of carbonyl (C=O) groups excluding carboxylic acids is 2. The summed E-state index contributed by atoms with van der Waals surface area (Å²) in [4.78, 5) is 22.6. The predicted molar refractivity (Wildman–Crippen MR) is 74.2 cm³/mol. The van der Waals surface area contributed by atoms with Crippen molar-refractivity contribution in [1.82, 2.24) is 4.31 Å². The number of rotatable bonds is 6. The molecule has 8 heteroatoms. The van der Waals surface area contributed by atoms with E-state index in [1.54, 1.807) is 6.07 Å². The molecule has 1 aromatic rings. The molecule has 0 saturated carbocycles. The Morgan fingerprint density at radius 2 is 1.76 bits per heavy atom. The van der Waals surface area contributed by atoms with E-state index < -0.39 is 22.0 Å². The number of hydrogen-bond donors (Lipinski definition) is 0. The lowest BCUT2D eigenvalue weighted by atomic mass is 10.2. The SMILES string of the molecule is COC(=O)CCN(C)S(=O)(=O)c1ccccc1C(=O)OC. The zero-order valence-corrected chi connectivity index (χ0v) is 12.8. The molecule has 0 aliphatic heterocycles. The fourth-order valence-electron chi connectivity index (χ4n) is 1.61. The number of hydrogen-bond acceptors (Lipinski definition) is 6. The average molecular weight is 315 g/mol. The highest BCUT2D eigenvalue weighted by atomic mass is 32.2. The second-order valence-electron chi connectivity index (χ2n) is 4.14. The summed E-state index contributed by atoms with van der Waals surface area (Å²) < 4.78 is 34.9. The third-order valence-electron chi connectivity index (χ3n) is 2.84. The van der Waals surface area contributed by atoms with Crippen LogP contribution >= 0.6 is 0 Å². The zero-order chi connectivity index (χ0) is 16.0. The Morgan fingerprint density at radius 3 is 2.33 bits per heavy atom. The zero-order valence-electron chi connectivity index (χ0n) is 12.0. The Hall–Kier alpha value is -1.93. The van der Waals surface area contributed by atoms with Crippen molar-refractivity contribution in [2.75, 3.05) is 27.8 Å². The molecule has 0 spiro atoms. The van der Waals surface area contributed by atoms with Crippen molar-refractivity contribution in [1.29, 1.82) is 0 Å². The van der Waals surface area contributed by atoms with Gasteiger partial charge in [-0.2, -0.15) is 0 Å². The summed E-state index contributed by atoms with van der Waals surface area (Å²) in [6.07, 6.45) is -0.0768. The Labute approximate surface area is 123 Å². The summed E-state index contributed by atoms with van der Waals surface area (Å²) in [5.74, 6) is -1.26. The Morgan fingerprint density at radius 1 is 1.14 bits per heavy atom. The van der Waals surface area contributed by atoms with E-state index >= 15 is 0 Å². The number of methoxy groups -OCH3 is 2. The molecule has 0 fully saturated rings. The predicted octanol–water partition coefficient (Wildman–Crippen LogP) is 0.657. The van der Waals surface area contributed by atoms with Crippen LogP contribution in [0.4, 0.5) is 0 Å². The van der Waals surface area contributed by atoms with Crippen LogP contribution in [0.3, 0.4) is 0 Å². The van der Waals surface area contributed by atoms with E-state index in [4.69, 9.17) is 0 Å². The van der Waals surface area contributed by atoms with Crippen molar-refractivity contribution in [2.45, 2.75) is 11.3 Å². The summed E-state index contributed by atoms with van der Waals surface area (Å²) in [7, 11) is -0.179. The molecule has 116 valence electrons. The van der Waals surface area contributed by atoms with E-state index in [9.17, 15) is 18.0 Å². The molecule has 0 N–H and O–H groups in total. The molecule has 0 bridgehead atoms. The maximum Gasteiger partial charge on any atom is 0.339 e. The van der Waals surface area contributed by atoms with Gasteiger partial charge in [-0.1, -0.05) is 12.1 Å². The van der Waals surface area contributed by atoms with Crippen molar-refractivity contribution in [2.24, 2.45) is 0 Å². The van der Waals surface area contributed by atoms with Gasteiger partial charge in [0.1, 0.15) is 0 Å². The Balaban J connectivity index is 3.08. The van der Waals surface area contributed by atoms with Crippen LogP contribution in [-0.2, 0) is 24.3 Å². The van der Waals surface area contributed by atoms with E-state index in [1.165, 1.54) is 39.5 Å². The first-order valence-electron chi connectivity index (χ1n) is 6.05. The smallest absolute Gasteiger partial charge is 0.339 e. The topological polar surface area (TPSA) is 90.0 Å². The van der Waals surface area contributed by atoms with Crippen LogP contribution in [0.1, 0.15) is 16.8 Å². The fourth-order valence-corrected chi connectivity index (χ4v) is 2.96. The molecule has 0 aliphatic rings. The Kier molecular flexibility index (Phi) is 5.86. The quantitative estimate of drug-likeness (QED) is 0.716. The van der Waals surface area contributed by atoms with E-state index in [0.717, 1.165) is 4.31 Å². The van der Waals surface area contributed by atoms with Crippen molar-refractivity contribution in [3.63, 3.8) is 0 Å². The van der Waals surface area contributed by atoms with Gasteiger partial charge in [-0.25, -0.2) is 17.5 Å².